The smallest absolute Gasteiger partial charge is 0.133 e. The lowest BCUT2D eigenvalue weighted by molar-refractivity contribution is 0.113. The number of ether oxygens (including phenoxy) is 1. The van der Waals surface area contributed by atoms with Gasteiger partial charge in [-0.2, -0.15) is 5.26 Å². The number of hydrogen-bond donors (Lipinski definition) is 0. The van der Waals surface area contributed by atoms with Gasteiger partial charge in [0.25, 0.3) is 0 Å². The highest BCUT2D eigenvalue weighted by Crippen LogP contribution is 2.27. The highest BCUT2D eigenvalue weighted by Gasteiger charge is 2.21. The van der Waals surface area contributed by atoms with E-state index in [9.17, 15) is 0 Å². The van der Waals surface area contributed by atoms with Gasteiger partial charge in [0.2, 0.25) is 0 Å². The van der Waals surface area contributed by atoms with Crippen molar-refractivity contribution in [2.24, 2.45) is 0 Å². The van der Waals surface area contributed by atoms with Crippen LogP contribution in [-0.4, -0.2) is 31.1 Å². The molecular weight excluding hydrogens is 280 g/mol. The normalized spacial score (nSPS) is 11.4. The van der Waals surface area contributed by atoms with Crippen LogP contribution in [0.2, 0.25) is 0 Å². The average Bonchev–Trinajstić information content (AvgIpc) is 2.27. The first-order valence-electron chi connectivity index (χ1n) is 5.37. The quantitative estimate of drug-likeness (QED) is 0.857. The number of rotatable bonds is 4. The fourth-order valence-corrected chi connectivity index (χ4v) is 1.56. The lowest BCUT2D eigenvalue weighted by atomic mass is 10.1. The van der Waals surface area contributed by atoms with Crippen molar-refractivity contribution < 1.29 is 4.74 Å². The lowest BCUT2D eigenvalue weighted by Crippen LogP contribution is -2.43. The minimum atomic E-state index is -0.0344. The Hall–Kier alpha value is -1.05. The third-order valence-electron chi connectivity index (χ3n) is 2.85. The zero-order chi connectivity index (χ0) is 13.1. The van der Waals surface area contributed by atoms with Gasteiger partial charge in [-0.3, -0.25) is 0 Å². The molecule has 0 aliphatic carbocycles. The van der Waals surface area contributed by atoms with Gasteiger partial charge in [0.05, 0.1) is 16.1 Å². The maximum absolute atomic E-state index is 8.77. The van der Waals surface area contributed by atoms with Crippen LogP contribution in [0, 0.1) is 11.3 Å². The first-order valence-corrected chi connectivity index (χ1v) is 6.16. The molecule has 0 aliphatic rings. The van der Waals surface area contributed by atoms with Crippen LogP contribution in [0.25, 0.3) is 0 Å². The Morgan fingerprint density at radius 3 is 2.53 bits per heavy atom. The molecule has 0 aromatic heterocycles. The monoisotopic (exact) mass is 296 g/mol. The van der Waals surface area contributed by atoms with E-state index in [-0.39, 0.29) is 5.54 Å². The summed E-state index contributed by atoms with van der Waals surface area (Å²) in [5.41, 5.74) is 0.587. The van der Waals surface area contributed by atoms with Gasteiger partial charge in [0.15, 0.2) is 0 Å². The van der Waals surface area contributed by atoms with Crippen molar-refractivity contribution in [3.05, 3.63) is 28.2 Å². The van der Waals surface area contributed by atoms with E-state index in [2.05, 4.69) is 40.7 Å². The van der Waals surface area contributed by atoms with Crippen molar-refractivity contribution in [2.45, 2.75) is 19.4 Å². The largest absolute Gasteiger partial charge is 0.490 e. The van der Waals surface area contributed by atoms with Crippen LogP contribution in [0.3, 0.4) is 0 Å². The highest BCUT2D eigenvalue weighted by atomic mass is 79.9. The molecule has 3 nitrogen and oxygen atoms in total. The molecule has 0 saturated heterocycles. The van der Waals surface area contributed by atoms with E-state index in [1.807, 2.05) is 20.2 Å². The number of benzene rings is 1. The van der Waals surface area contributed by atoms with E-state index in [4.69, 9.17) is 10.00 Å². The average molecular weight is 297 g/mol. The Morgan fingerprint density at radius 2 is 2.06 bits per heavy atom. The van der Waals surface area contributed by atoms with Gasteiger partial charge in [0.1, 0.15) is 12.4 Å². The van der Waals surface area contributed by atoms with Gasteiger partial charge < -0.3 is 9.64 Å². The molecule has 1 aromatic carbocycles. The first kappa shape index (κ1) is 14.0. The van der Waals surface area contributed by atoms with Crippen molar-refractivity contribution in [3.8, 4) is 11.8 Å². The van der Waals surface area contributed by atoms with E-state index in [1.165, 1.54) is 0 Å². The summed E-state index contributed by atoms with van der Waals surface area (Å²) in [4.78, 5) is 2.12. The topological polar surface area (TPSA) is 36.3 Å². The van der Waals surface area contributed by atoms with Gasteiger partial charge in [0, 0.05) is 5.54 Å². The molecule has 92 valence electrons. The van der Waals surface area contributed by atoms with E-state index >= 15 is 0 Å². The zero-order valence-corrected chi connectivity index (χ0v) is 12.2. The Balaban J connectivity index is 2.74. The van der Waals surface area contributed by atoms with Crippen molar-refractivity contribution in [1.82, 2.24) is 4.90 Å². The molecule has 1 rings (SSSR count). The fourth-order valence-electron chi connectivity index (χ4n) is 1.07. The van der Waals surface area contributed by atoms with Gasteiger partial charge in [-0.1, -0.05) is 0 Å². The van der Waals surface area contributed by atoms with E-state index in [0.29, 0.717) is 12.2 Å². The van der Waals surface area contributed by atoms with Crippen LogP contribution in [0.4, 0.5) is 0 Å². The number of hydrogen-bond acceptors (Lipinski definition) is 3. The first-order chi connectivity index (χ1) is 7.86. The minimum absolute atomic E-state index is 0.0344. The molecule has 0 radical (unpaired) electrons. The van der Waals surface area contributed by atoms with Gasteiger partial charge in [-0.25, -0.2) is 0 Å². The summed E-state index contributed by atoms with van der Waals surface area (Å²) >= 11 is 3.40. The van der Waals surface area contributed by atoms with Crippen LogP contribution < -0.4 is 4.74 Å². The molecule has 0 atom stereocenters. The fraction of sp³-hybridized carbons (Fsp3) is 0.462. The number of halogens is 1. The molecule has 0 saturated carbocycles. The summed E-state index contributed by atoms with van der Waals surface area (Å²) in [6, 6.07) is 7.42. The maximum Gasteiger partial charge on any atom is 0.133 e. The predicted octanol–water partition coefficient (Wildman–Crippen LogP) is 3.04. The Morgan fingerprint density at radius 1 is 1.41 bits per heavy atom. The minimum Gasteiger partial charge on any atom is -0.490 e. The molecule has 0 fully saturated rings. The van der Waals surface area contributed by atoms with Crippen molar-refractivity contribution in [1.29, 1.82) is 5.26 Å². The number of nitrogens with zero attached hydrogens (tertiary/aromatic N) is 2. The molecular formula is C13H17BrN2O. The third-order valence-corrected chi connectivity index (χ3v) is 3.47. The predicted molar refractivity (Wildman–Crippen MR) is 72.1 cm³/mol. The third kappa shape index (κ3) is 3.72. The molecule has 0 aliphatic heterocycles. The van der Waals surface area contributed by atoms with E-state index in [0.717, 1.165) is 10.2 Å². The van der Waals surface area contributed by atoms with E-state index < -0.39 is 0 Å². The number of likely N-dealkylation sites (N-methyl/N-ethyl adjacent to an activating group) is 1. The lowest BCUT2D eigenvalue weighted by Gasteiger charge is -2.32. The van der Waals surface area contributed by atoms with Gasteiger partial charge >= 0.3 is 0 Å². The molecule has 0 bridgehead atoms. The summed E-state index contributed by atoms with van der Waals surface area (Å²) in [5, 5.41) is 8.77. The molecule has 1 aromatic rings. The molecule has 0 amide bonds. The Kier molecular flexibility index (Phi) is 4.55. The summed E-state index contributed by atoms with van der Waals surface area (Å²) in [6.07, 6.45) is 0. The standard InChI is InChI=1S/C13H17BrN2O/c1-13(2,16(3)4)9-17-12-6-5-10(8-15)7-11(12)14/h5-7H,9H2,1-4H3. The maximum atomic E-state index is 8.77. The van der Waals surface area contributed by atoms with E-state index in [1.54, 1.807) is 12.1 Å². The molecule has 0 spiro atoms. The molecule has 0 N–H and O–H groups in total. The second-order valence-electron chi connectivity index (χ2n) is 4.75. The zero-order valence-electron chi connectivity index (χ0n) is 10.6. The van der Waals surface area contributed by atoms with Gasteiger partial charge in [-0.15, -0.1) is 0 Å². The van der Waals surface area contributed by atoms with Crippen molar-refractivity contribution in [3.63, 3.8) is 0 Å². The highest BCUT2D eigenvalue weighted by molar-refractivity contribution is 9.10. The van der Waals surface area contributed by atoms with Gasteiger partial charge in [-0.05, 0) is 62.1 Å². The summed E-state index contributed by atoms with van der Waals surface area (Å²) in [5.74, 6) is 0.763. The molecule has 4 heteroatoms. The van der Waals surface area contributed by atoms with Crippen LogP contribution in [0.15, 0.2) is 22.7 Å². The van der Waals surface area contributed by atoms with Crippen LogP contribution >= 0.6 is 15.9 Å². The summed E-state index contributed by atoms with van der Waals surface area (Å²) in [6.45, 7) is 4.82. The summed E-state index contributed by atoms with van der Waals surface area (Å²) in [7, 11) is 4.05. The van der Waals surface area contributed by atoms with Crippen LogP contribution in [-0.2, 0) is 0 Å². The number of nitriles is 1. The Bertz CT molecular complexity index is 436. The Labute approximate surface area is 111 Å². The molecule has 0 heterocycles. The second-order valence-corrected chi connectivity index (χ2v) is 5.61. The molecule has 0 unspecified atom stereocenters. The van der Waals surface area contributed by atoms with Crippen molar-refractivity contribution >= 4 is 15.9 Å². The summed E-state index contributed by atoms with van der Waals surface area (Å²) < 4.78 is 6.58. The van der Waals surface area contributed by atoms with Crippen LogP contribution in [0.1, 0.15) is 19.4 Å². The SMILES string of the molecule is CN(C)C(C)(C)COc1ccc(C#N)cc1Br. The van der Waals surface area contributed by atoms with Crippen LogP contribution in [0.5, 0.6) is 5.75 Å². The van der Waals surface area contributed by atoms with Crippen molar-refractivity contribution in [2.75, 3.05) is 20.7 Å². The second kappa shape index (κ2) is 5.52. The molecule has 17 heavy (non-hydrogen) atoms.